The van der Waals surface area contributed by atoms with Gasteiger partial charge in [0.05, 0.1) is 0 Å². The first-order valence-corrected chi connectivity index (χ1v) is 4.66. The van der Waals surface area contributed by atoms with Crippen molar-refractivity contribution < 1.29 is 0 Å². The van der Waals surface area contributed by atoms with Gasteiger partial charge in [0.1, 0.15) is 0 Å². The van der Waals surface area contributed by atoms with E-state index in [9.17, 15) is 0 Å². The van der Waals surface area contributed by atoms with Crippen molar-refractivity contribution in [2.45, 2.75) is 18.9 Å². The second-order valence-electron chi connectivity index (χ2n) is 2.43. The van der Waals surface area contributed by atoms with Crippen molar-refractivity contribution in [3.63, 3.8) is 0 Å². The van der Waals surface area contributed by atoms with E-state index >= 15 is 0 Å². The van der Waals surface area contributed by atoms with Gasteiger partial charge in [-0.25, -0.2) is 0 Å². The van der Waals surface area contributed by atoms with Crippen LogP contribution in [0, 0.1) is 5.92 Å². The zero-order chi connectivity index (χ0) is 7.28. The molecule has 0 aliphatic carbocycles. The molecule has 0 N–H and O–H groups in total. The molecule has 0 nitrogen and oxygen atoms in total. The van der Waals surface area contributed by atoms with Crippen molar-refractivity contribution in [3.05, 3.63) is 25.3 Å². The molecular formula is C8H16Si. The average molecular weight is 140 g/mol. The van der Waals surface area contributed by atoms with Gasteiger partial charge in [0.25, 0.3) is 0 Å². The smallest absolute Gasteiger partial charge is 0.00786 e. The van der Waals surface area contributed by atoms with Crippen molar-refractivity contribution in [2.24, 2.45) is 5.92 Å². The lowest BCUT2D eigenvalue weighted by Crippen LogP contribution is -2.01. The van der Waals surface area contributed by atoms with E-state index in [-0.39, 0.29) is 0 Å². The van der Waals surface area contributed by atoms with E-state index in [4.69, 9.17) is 0 Å². The summed E-state index contributed by atoms with van der Waals surface area (Å²) in [7, 11) is 1.25. The maximum absolute atomic E-state index is 3.75. The van der Waals surface area contributed by atoms with Gasteiger partial charge in [-0.05, 0) is 11.5 Å². The van der Waals surface area contributed by atoms with Gasteiger partial charge in [-0.3, -0.25) is 0 Å². The maximum atomic E-state index is 3.75. The van der Waals surface area contributed by atoms with Gasteiger partial charge in [0, 0.05) is 10.2 Å². The van der Waals surface area contributed by atoms with Crippen LogP contribution in [0.1, 0.15) is 13.3 Å². The van der Waals surface area contributed by atoms with Gasteiger partial charge in [-0.2, -0.15) is 0 Å². The zero-order valence-corrected chi connectivity index (χ0v) is 8.43. The van der Waals surface area contributed by atoms with Crippen LogP contribution in [0.5, 0.6) is 0 Å². The van der Waals surface area contributed by atoms with E-state index in [2.05, 4.69) is 20.1 Å². The molecule has 0 saturated heterocycles. The summed E-state index contributed by atoms with van der Waals surface area (Å²) in [5.74, 6) is 0.557. The monoisotopic (exact) mass is 140 g/mol. The first-order valence-electron chi connectivity index (χ1n) is 3.51. The highest BCUT2D eigenvalue weighted by Crippen LogP contribution is 2.19. The molecule has 0 aromatic heterocycles. The fourth-order valence-electron chi connectivity index (χ4n) is 0.833. The highest BCUT2D eigenvalue weighted by atomic mass is 28.1. The van der Waals surface area contributed by atoms with Crippen molar-refractivity contribution in [1.82, 2.24) is 0 Å². The molecule has 0 bridgehead atoms. The maximum Gasteiger partial charge on any atom is 0.00786 e. The third-order valence-corrected chi connectivity index (χ3v) is 3.43. The standard InChI is InChI=1S/C8H16Si/c1-4-7(5-2)8(9)6-3/h4-5,7-8H,1-2,6H2,3,9H3. The number of hydrogen-bond acceptors (Lipinski definition) is 0. The minimum Gasteiger partial charge on any atom is -0.102 e. The Balaban J connectivity index is 3.77. The van der Waals surface area contributed by atoms with Crippen LogP contribution in [0.2, 0.25) is 5.54 Å². The molecule has 0 aliphatic heterocycles. The molecule has 52 valence electrons. The second-order valence-corrected chi connectivity index (χ2v) is 3.92. The third-order valence-electron chi connectivity index (χ3n) is 1.85. The van der Waals surface area contributed by atoms with Crippen LogP contribution in [-0.2, 0) is 0 Å². The van der Waals surface area contributed by atoms with Crippen molar-refractivity contribution in [3.8, 4) is 0 Å². The lowest BCUT2D eigenvalue weighted by Gasteiger charge is -2.13. The Morgan fingerprint density at radius 3 is 2.00 bits per heavy atom. The van der Waals surface area contributed by atoms with Crippen LogP contribution in [0.15, 0.2) is 25.3 Å². The van der Waals surface area contributed by atoms with E-state index in [0.717, 1.165) is 5.54 Å². The van der Waals surface area contributed by atoms with Crippen LogP contribution in [-0.4, -0.2) is 10.2 Å². The number of allylic oxidation sites excluding steroid dienone is 2. The van der Waals surface area contributed by atoms with Gasteiger partial charge in [0.15, 0.2) is 0 Å². The molecule has 1 heteroatoms. The van der Waals surface area contributed by atoms with E-state index < -0.39 is 0 Å². The fraction of sp³-hybridized carbons (Fsp3) is 0.500. The topological polar surface area (TPSA) is 0 Å². The average Bonchev–Trinajstić information content (AvgIpc) is 1.90. The SMILES string of the molecule is C=CC(C=C)C([SiH3])CC. The van der Waals surface area contributed by atoms with Gasteiger partial charge in [0.2, 0.25) is 0 Å². The van der Waals surface area contributed by atoms with Gasteiger partial charge >= 0.3 is 0 Å². The Labute approximate surface area is 61.1 Å². The number of hydrogen-bond donors (Lipinski definition) is 0. The van der Waals surface area contributed by atoms with Crippen LogP contribution in [0.3, 0.4) is 0 Å². The fourth-order valence-corrected chi connectivity index (χ4v) is 1.38. The highest BCUT2D eigenvalue weighted by molar-refractivity contribution is 6.12. The molecule has 0 saturated carbocycles. The van der Waals surface area contributed by atoms with Crippen molar-refractivity contribution >= 4 is 10.2 Å². The van der Waals surface area contributed by atoms with Crippen LogP contribution in [0.4, 0.5) is 0 Å². The minimum absolute atomic E-state index is 0.557. The molecule has 1 atom stereocenters. The zero-order valence-electron chi connectivity index (χ0n) is 6.43. The highest BCUT2D eigenvalue weighted by Gasteiger charge is 2.05. The first kappa shape index (κ1) is 8.70. The molecule has 0 spiro atoms. The molecule has 0 radical (unpaired) electrons. The third kappa shape index (κ3) is 2.66. The van der Waals surface area contributed by atoms with Crippen LogP contribution < -0.4 is 0 Å². The summed E-state index contributed by atoms with van der Waals surface area (Å²) in [6.45, 7) is 9.72. The second kappa shape index (κ2) is 4.56. The summed E-state index contributed by atoms with van der Waals surface area (Å²) in [5, 5.41) is 0. The lowest BCUT2D eigenvalue weighted by molar-refractivity contribution is 0.691. The lowest BCUT2D eigenvalue weighted by atomic mass is 10.0. The van der Waals surface area contributed by atoms with Crippen LogP contribution in [0.25, 0.3) is 0 Å². The summed E-state index contributed by atoms with van der Waals surface area (Å²) < 4.78 is 0. The molecule has 0 fully saturated rings. The predicted octanol–water partition coefficient (Wildman–Crippen LogP) is 1.54. The Bertz CT molecular complexity index is 88.7. The molecule has 0 aliphatic rings. The molecular weight excluding hydrogens is 124 g/mol. The molecule has 0 rings (SSSR count). The minimum atomic E-state index is 0.557. The summed E-state index contributed by atoms with van der Waals surface area (Å²) >= 11 is 0. The normalized spacial score (nSPS) is 13.6. The molecule has 9 heavy (non-hydrogen) atoms. The Morgan fingerprint density at radius 1 is 1.44 bits per heavy atom. The Kier molecular flexibility index (Phi) is 4.41. The summed E-state index contributed by atoms with van der Waals surface area (Å²) in [6.07, 6.45) is 5.25. The van der Waals surface area contributed by atoms with E-state index in [1.54, 1.807) is 0 Å². The summed E-state index contributed by atoms with van der Waals surface area (Å²) in [5.41, 5.74) is 0.833. The van der Waals surface area contributed by atoms with E-state index in [1.165, 1.54) is 16.7 Å². The van der Waals surface area contributed by atoms with Crippen molar-refractivity contribution in [1.29, 1.82) is 0 Å². The molecule has 0 aromatic carbocycles. The summed E-state index contributed by atoms with van der Waals surface area (Å²) in [6, 6.07) is 0. The Hall–Kier alpha value is -0.303. The molecule has 0 aromatic rings. The van der Waals surface area contributed by atoms with Crippen molar-refractivity contribution in [2.75, 3.05) is 0 Å². The van der Waals surface area contributed by atoms with Gasteiger partial charge < -0.3 is 0 Å². The van der Waals surface area contributed by atoms with Gasteiger partial charge in [-0.15, -0.1) is 13.2 Å². The largest absolute Gasteiger partial charge is 0.102 e. The van der Waals surface area contributed by atoms with Gasteiger partial charge in [-0.1, -0.05) is 25.5 Å². The first-order chi connectivity index (χ1) is 4.26. The molecule has 0 amide bonds. The van der Waals surface area contributed by atoms with Crippen LogP contribution >= 0.6 is 0 Å². The molecule has 0 heterocycles. The Morgan fingerprint density at radius 2 is 1.89 bits per heavy atom. The predicted molar refractivity (Wildman–Crippen MR) is 47.9 cm³/mol. The summed E-state index contributed by atoms with van der Waals surface area (Å²) in [4.78, 5) is 0. The quantitative estimate of drug-likeness (QED) is 0.410. The van der Waals surface area contributed by atoms with E-state index in [1.807, 2.05) is 12.2 Å². The number of rotatable bonds is 4. The van der Waals surface area contributed by atoms with E-state index in [0.29, 0.717) is 5.92 Å². The molecule has 1 unspecified atom stereocenters.